The van der Waals surface area contributed by atoms with Gasteiger partial charge in [0, 0.05) is 31.1 Å². The molecule has 0 aliphatic carbocycles. The summed E-state index contributed by atoms with van der Waals surface area (Å²) < 4.78 is 0. The molecule has 2 aliphatic rings. The first-order chi connectivity index (χ1) is 9.58. The standard InChI is InChI=1S/C16H31N3O/c1-13(6-5-7-14(2)17)16(20)19-11-8-15(12-19)18-9-3-4-10-18/h13-15H,3-12,17H2,1-2H3. The van der Waals surface area contributed by atoms with Crippen molar-refractivity contribution in [2.24, 2.45) is 11.7 Å². The van der Waals surface area contributed by atoms with E-state index in [2.05, 4.69) is 16.7 Å². The molecule has 0 bridgehead atoms. The van der Waals surface area contributed by atoms with Crippen LogP contribution in [-0.2, 0) is 4.79 Å². The summed E-state index contributed by atoms with van der Waals surface area (Å²) in [6.07, 6.45) is 6.89. The molecule has 3 unspecified atom stereocenters. The SMILES string of the molecule is CC(N)CCCC(C)C(=O)N1CCC(N2CCCC2)C1. The smallest absolute Gasteiger partial charge is 0.225 e. The van der Waals surface area contributed by atoms with E-state index in [1.165, 1.54) is 25.9 Å². The van der Waals surface area contributed by atoms with E-state index in [-0.39, 0.29) is 12.0 Å². The van der Waals surface area contributed by atoms with Crippen LogP contribution >= 0.6 is 0 Å². The molecule has 2 heterocycles. The highest BCUT2D eigenvalue weighted by Crippen LogP contribution is 2.22. The van der Waals surface area contributed by atoms with Crippen LogP contribution in [0, 0.1) is 5.92 Å². The normalized spacial score (nSPS) is 26.9. The Balaban J connectivity index is 1.72. The van der Waals surface area contributed by atoms with Crippen LogP contribution in [0.3, 0.4) is 0 Å². The second-order valence-corrected chi connectivity index (χ2v) is 6.78. The molecular formula is C16H31N3O. The predicted molar refractivity (Wildman–Crippen MR) is 82.5 cm³/mol. The number of nitrogens with two attached hydrogens (primary N) is 1. The van der Waals surface area contributed by atoms with Crippen molar-refractivity contribution in [2.75, 3.05) is 26.2 Å². The molecule has 2 N–H and O–H groups in total. The van der Waals surface area contributed by atoms with Gasteiger partial charge in [-0.1, -0.05) is 13.3 Å². The van der Waals surface area contributed by atoms with Crippen LogP contribution in [0.2, 0.25) is 0 Å². The molecule has 3 atom stereocenters. The van der Waals surface area contributed by atoms with Gasteiger partial charge in [0.05, 0.1) is 0 Å². The van der Waals surface area contributed by atoms with Crippen LogP contribution < -0.4 is 5.73 Å². The van der Waals surface area contributed by atoms with Gasteiger partial charge in [0.1, 0.15) is 0 Å². The maximum atomic E-state index is 12.5. The fourth-order valence-corrected chi connectivity index (χ4v) is 3.53. The van der Waals surface area contributed by atoms with E-state index in [1.807, 2.05) is 6.92 Å². The first-order valence-electron chi connectivity index (χ1n) is 8.36. The molecule has 20 heavy (non-hydrogen) atoms. The number of likely N-dealkylation sites (tertiary alicyclic amines) is 2. The molecular weight excluding hydrogens is 250 g/mol. The third kappa shape index (κ3) is 4.19. The topological polar surface area (TPSA) is 49.6 Å². The average molecular weight is 281 g/mol. The molecule has 4 nitrogen and oxygen atoms in total. The number of amides is 1. The Morgan fingerprint density at radius 3 is 2.55 bits per heavy atom. The van der Waals surface area contributed by atoms with Crippen molar-refractivity contribution < 1.29 is 4.79 Å². The number of rotatable bonds is 6. The minimum Gasteiger partial charge on any atom is -0.341 e. The summed E-state index contributed by atoms with van der Waals surface area (Å²) in [6.45, 7) is 8.49. The third-order valence-corrected chi connectivity index (χ3v) is 4.85. The lowest BCUT2D eigenvalue weighted by molar-refractivity contribution is -0.134. The van der Waals surface area contributed by atoms with E-state index in [4.69, 9.17) is 5.73 Å². The van der Waals surface area contributed by atoms with Gasteiger partial charge >= 0.3 is 0 Å². The van der Waals surface area contributed by atoms with E-state index < -0.39 is 0 Å². The van der Waals surface area contributed by atoms with Crippen molar-refractivity contribution in [1.82, 2.24) is 9.80 Å². The van der Waals surface area contributed by atoms with Gasteiger partial charge in [-0.25, -0.2) is 0 Å². The van der Waals surface area contributed by atoms with Gasteiger partial charge in [-0.3, -0.25) is 9.69 Å². The van der Waals surface area contributed by atoms with Gasteiger partial charge in [-0.2, -0.15) is 0 Å². The molecule has 0 spiro atoms. The summed E-state index contributed by atoms with van der Waals surface area (Å²) in [5.74, 6) is 0.516. The molecule has 2 aliphatic heterocycles. The Morgan fingerprint density at radius 2 is 1.90 bits per heavy atom. The maximum absolute atomic E-state index is 12.5. The molecule has 0 aromatic rings. The average Bonchev–Trinajstić information content (AvgIpc) is 3.07. The summed E-state index contributed by atoms with van der Waals surface area (Å²) >= 11 is 0. The van der Waals surface area contributed by atoms with Gasteiger partial charge in [-0.05, 0) is 52.1 Å². The van der Waals surface area contributed by atoms with E-state index >= 15 is 0 Å². The Labute approximate surface area is 123 Å². The van der Waals surface area contributed by atoms with Crippen molar-refractivity contribution in [3.63, 3.8) is 0 Å². The van der Waals surface area contributed by atoms with Gasteiger partial charge in [-0.15, -0.1) is 0 Å². The number of nitrogens with zero attached hydrogens (tertiary/aromatic N) is 2. The summed E-state index contributed by atoms with van der Waals surface area (Å²) in [5.41, 5.74) is 5.76. The van der Waals surface area contributed by atoms with Crippen LogP contribution in [0.15, 0.2) is 0 Å². The monoisotopic (exact) mass is 281 g/mol. The largest absolute Gasteiger partial charge is 0.341 e. The van der Waals surface area contributed by atoms with Crippen molar-refractivity contribution in [3.8, 4) is 0 Å². The van der Waals surface area contributed by atoms with Gasteiger partial charge in [0.2, 0.25) is 5.91 Å². The highest BCUT2D eigenvalue weighted by atomic mass is 16.2. The number of carbonyl (C=O) groups excluding carboxylic acids is 1. The molecule has 2 rings (SSSR count). The Bertz CT molecular complexity index is 313. The molecule has 2 fully saturated rings. The molecule has 0 radical (unpaired) electrons. The van der Waals surface area contributed by atoms with Gasteiger partial charge in [0.15, 0.2) is 0 Å². The van der Waals surface area contributed by atoms with Gasteiger partial charge < -0.3 is 10.6 Å². The zero-order valence-corrected chi connectivity index (χ0v) is 13.2. The fourth-order valence-electron chi connectivity index (χ4n) is 3.53. The Morgan fingerprint density at radius 1 is 1.20 bits per heavy atom. The highest BCUT2D eigenvalue weighted by Gasteiger charge is 2.32. The number of hydrogen-bond acceptors (Lipinski definition) is 3. The van der Waals surface area contributed by atoms with Crippen molar-refractivity contribution in [3.05, 3.63) is 0 Å². The van der Waals surface area contributed by atoms with Gasteiger partial charge in [0.25, 0.3) is 0 Å². The van der Waals surface area contributed by atoms with E-state index in [0.29, 0.717) is 11.9 Å². The maximum Gasteiger partial charge on any atom is 0.225 e. The van der Waals surface area contributed by atoms with Crippen LogP contribution in [0.1, 0.15) is 52.4 Å². The summed E-state index contributed by atoms with van der Waals surface area (Å²) in [7, 11) is 0. The zero-order valence-electron chi connectivity index (χ0n) is 13.2. The lowest BCUT2D eigenvalue weighted by atomic mass is 10.0. The van der Waals surface area contributed by atoms with Crippen LogP contribution in [0.4, 0.5) is 0 Å². The first-order valence-corrected chi connectivity index (χ1v) is 8.36. The number of hydrogen-bond donors (Lipinski definition) is 1. The fraction of sp³-hybridized carbons (Fsp3) is 0.938. The Kier molecular flexibility index (Phi) is 5.85. The molecule has 2 saturated heterocycles. The first kappa shape index (κ1) is 15.8. The molecule has 0 aromatic heterocycles. The highest BCUT2D eigenvalue weighted by molar-refractivity contribution is 5.78. The second kappa shape index (κ2) is 7.41. The quantitative estimate of drug-likeness (QED) is 0.808. The third-order valence-electron chi connectivity index (χ3n) is 4.85. The van der Waals surface area contributed by atoms with Crippen LogP contribution in [0.5, 0.6) is 0 Å². The van der Waals surface area contributed by atoms with Crippen molar-refractivity contribution in [1.29, 1.82) is 0 Å². The van der Waals surface area contributed by atoms with Crippen LogP contribution in [-0.4, -0.2) is 54.0 Å². The molecule has 1 amide bonds. The van der Waals surface area contributed by atoms with Crippen molar-refractivity contribution >= 4 is 5.91 Å². The summed E-state index contributed by atoms with van der Waals surface area (Å²) in [6, 6.07) is 0.876. The summed E-state index contributed by atoms with van der Waals surface area (Å²) in [4.78, 5) is 17.1. The van der Waals surface area contributed by atoms with Crippen molar-refractivity contribution in [2.45, 2.75) is 64.5 Å². The van der Waals surface area contributed by atoms with E-state index in [1.54, 1.807) is 0 Å². The Hall–Kier alpha value is -0.610. The van der Waals surface area contributed by atoms with E-state index in [0.717, 1.165) is 38.8 Å². The van der Waals surface area contributed by atoms with E-state index in [9.17, 15) is 4.79 Å². The molecule has 116 valence electrons. The molecule has 4 heteroatoms. The lowest BCUT2D eigenvalue weighted by Gasteiger charge is -2.25. The second-order valence-electron chi connectivity index (χ2n) is 6.78. The van der Waals surface area contributed by atoms with Crippen LogP contribution in [0.25, 0.3) is 0 Å². The number of carbonyl (C=O) groups is 1. The predicted octanol–water partition coefficient (Wildman–Crippen LogP) is 1.84. The lowest BCUT2D eigenvalue weighted by Crippen LogP contribution is -2.38. The summed E-state index contributed by atoms with van der Waals surface area (Å²) in [5, 5.41) is 0. The zero-order chi connectivity index (χ0) is 14.5. The minimum absolute atomic E-state index is 0.158. The minimum atomic E-state index is 0.158. The molecule has 0 saturated carbocycles. The molecule has 0 aromatic carbocycles.